The SMILES string of the molecule is CC(C)C(O)C(C)(C)O[B]c1cnn(C(C)(C)C)c1. The van der Waals surface area contributed by atoms with Crippen molar-refractivity contribution in [2.45, 2.75) is 65.7 Å². The highest BCUT2D eigenvalue weighted by Crippen LogP contribution is 2.20. The molecule has 1 aromatic rings. The molecule has 0 spiro atoms. The van der Waals surface area contributed by atoms with E-state index >= 15 is 0 Å². The fraction of sp³-hybridized carbons (Fsp3) is 0.786. The van der Waals surface area contributed by atoms with Crippen LogP contribution in [0.3, 0.4) is 0 Å². The summed E-state index contributed by atoms with van der Waals surface area (Å²) in [6.07, 6.45) is 3.20. The van der Waals surface area contributed by atoms with Gasteiger partial charge >= 0.3 is 7.48 Å². The summed E-state index contributed by atoms with van der Waals surface area (Å²) in [5.41, 5.74) is 0.246. The summed E-state index contributed by atoms with van der Waals surface area (Å²) in [5.74, 6) is 0.153. The molecule has 0 aromatic carbocycles. The van der Waals surface area contributed by atoms with Crippen molar-refractivity contribution in [3.05, 3.63) is 12.4 Å². The van der Waals surface area contributed by atoms with E-state index in [1.54, 1.807) is 13.7 Å². The molecular formula is C14H26BN2O2. The maximum Gasteiger partial charge on any atom is 0.334 e. The third-order valence-corrected chi connectivity index (χ3v) is 3.13. The molecule has 0 aliphatic heterocycles. The summed E-state index contributed by atoms with van der Waals surface area (Å²) in [7, 11) is 1.67. The van der Waals surface area contributed by atoms with Crippen LogP contribution in [0.15, 0.2) is 12.4 Å². The van der Waals surface area contributed by atoms with E-state index < -0.39 is 11.7 Å². The molecule has 0 aliphatic rings. The van der Waals surface area contributed by atoms with Crippen LogP contribution in [0.5, 0.6) is 0 Å². The van der Waals surface area contributed by atoms with Crippen LogP contribution in [0.4, 0.5) is 0 Å². The summed E-state index contributed by atoms with van der Waals surface area (Å²) >= 11 is 0. The zero-order chi connectivity index (χ0) is 14.8. The second-order valence-corrected chi connectivity index (χ2v) is 6.92. The normalized spacial score (nSPS) is 14.8. The van der Waals surface area contributed by atoms with Crippen molar-refractivity contribution >= 4 is 12.9 Å². The van der Waals surface area contributed by atoms with Gasteiger partial charge in [0.1, 0.15) is 0 Å². The predicted octanol–water partition coefficient (Wildman–Crippen LogP) is 1.69. The zero-order valence-electron chi connectivity index (χ0n) is 13.1. The first-order chi connectivity index (χ1) is 8.54. The van der Waals surface area contributed by atoms with Gasteiger partial charge in [-0.05, 0) is 46.0 Å². The van der Waals surface area contributed by atoms with Crippen molar-refractivity contribution in [3.63, 3.8) is 0 Å². The van der Waals surface area contributed by atoms with Crippen LogP contribution in [-0.2, 0) is 10.2 Å². The van der Waals surface area contributed by atoms with E-state index in [2.05, 4.69) is 25.9 Å². The average Bonchev–Trinajstić information content (AvgIpc) is 2.73. The van der Waals surface area contributed by atoms with Crippen molar-refractivity contribution in [1.29, 1.82) is 0 Å². The second kappa shape index (κ2) is 5.67. The molecule has 0 fully saturated rings. The molecule has 1 N–H and O–H groups in total. The lowest BCUT2D eigenvalue weighted by atomic mass is 9.86. The Balaban J connectivity index is 2.64. The zero-order valence-corrected chi connectivity index (χ0v) is 13.1. The van der Waals surface area contributed by atoms with Gasteiger partial charge in [-0.25, -0.2) is 0 Å². The van der Waals surface area contributed by atoms with Crippen molar-refractivity contribution < 1.29 is 9.76 Å². The lowest BCUT2D eigenvalue weighted by Crippen LogP contribution is -2.44. The van der Waals surface area contributed by atoms with Gasteiger partial charge in [-0.1, -0.05) is 13.8 Å². The first-order valence-corrected chi connectivity index (χ1v) is 6.78. The molecule has 5 heteroatoms. The number of aromatic nitrogens is 2. The topological polar surface area (TPSA) is 47.3 Å². The Morgan fingerprint density at radius 2 is 1.84 bits per heavy atom. The number of hydrogen-bond acceptors (Lipinski definition) is 3. The molecule has 19 heavy (non-hydrogen) atoms. The summed E-state index contributed by atoms with van der Waals surface area (Å²) in [6.45, 7) is 14.0. The number of nitrogens with zero attached hydrogens (tertiary/aromatic N) is 2. The Kier molecular flexibility index (Phi) is 4.85. The maximum atomic E-state index is 10.1. The molecule has 0 bridgehead atoms. The number of rotatable bonds is 5. The average molecular weight is 265 g/mol. The van der Waals surface area contributed by atoms with Crippen LogP contribution in [-0.4, -0.2) is 34.1 Å². The van der Waals surface area contributed by atoms with Gasteiger partial charge in [0, 0.05) is 12.4 Å². The van der Waals surface area contributed by atoms with E-state index in [1.807, 2.05) is 38.6 Å². The molecule has 1 rings (SSSR count). The Labute approximate surface area is 117 Å². The van der Waals surface area contributed by atoms with Crippen molar-refractivity contribution in [2.24, 2.45) is 5.92 Å². The number of aliphatic hydroxyl groups is 1. The lowest BCUT2D eigenvalue weighted by molar-refractivity contribution is -0.0499. The van der Waals surface area contributed by atoms with Crippen molar-refractivity contribution in [1.82, 2.24) is 9.78 Å². The Morgan fingerprint density at radius 3 is 2.26 bits per heavy atom. The van der Waals surface area contributed by atoms with Gasteiger partial charge in [0.05, 0.1) is 17.2 Å². The molecule has 4 nitrogen and oxygen atoms in total. The highest BCUT2D eigenvalue weighted by atomic mass is 16.5. The molecule has 0 aliphatic carbocycles. The summed E-state index contributed by atoms with van der Waals surface area (Å²) in [6, 6.07) is 0. The molecular weight excluding hydrogens is 239 g/mol. The molecule has 107 valence electrons. The minimum absolute atomic E-state index is 0.0426. The van der Waals surface area contributed by atoms with E-state index in [9.17, 15) is 5.11 Å². The summed E-state index contributed by atoms with van der Waals surface area (Å²) < 4.78 is 7.63. The first-order valence-electron chi connectivity index (χ1n) is 6.78. The summed E-state index contributed by atoms with van der Waals surface area (Å²) in [5, 5.41) is 14.4. The van der Waals surface area contributed by atoms with Gasteiger partial charge in [0.25, 0.3) is 0 Å². The van der Waals surface area contributed by atoms with Gasteiger partial charge in [-0.3, -0.25) is 4.68 Å². The van der Waals surface area contributed by atoms with Gasteiger partial charge in [0.2, 0.25) is 0 Å². The van der Waals surface area contributed by atoms with Gasteiger partial charge in [-0.2, -0.15) is 5.10 Å². The van der Waals surface area contributed by atoms with E-state index in [4.69, 9.17) is 4.65 Å². The monoisotopic (exact) mass is 265 g/mol. The number of hydrogen-bond donors (Lipinski definition) is 1. The molecule has 1 radical (unpaired) electrons. The molecule has 0 amide bonds. The predicted molar refractivity (Wildman–Crippen MR) is 78.6 cm³/mol. The van der Waals surface area contributed by atoms with E-state index in [-0.39, 0.29) is 11.5 Å². The minimum Gasteiger partial charge on any atom is -0.427 e. The Bertz CT molecular complexity index is 408. The van der Waals surface area contributed by atoms with E-state index in [0.29, 0.717) is 0 Å². The largest absolute Gasteiger partial charge is 0.427 e. The van der Waals surface area contributed by atoms with Gasteiger partial charge < -0.3 is 9.76 Å². The summed E-state index contributed by atoms with van der Waals surface area (Å²) in [4.78, 5) is 0. The van der Waals surface area contributed by atoms with Crippen LogP contribution in [0.1, 0.15) is 48.5 Å². The molecule has 1 aromatic heterocycles. The van der Waals surface area contributed by atoms with E-state index in [1.165, 1.54) is 0 Å². The smallest absolute Gasteiger partial charge is 0.334 e. The highest BCUT2D eigenvalue weighted by molar-refractivity contribution is 6.46. The Hall–Kier alpha value is -0.805. The van der Waals surface area contributed by atoms with Crippen LogP contribution in [0, 0.1) is 5.92 Å². The molecule has 1 heterocycles. The van der Waals surface area contributed by atoms with Crippen LogP contribution in [0.25, 0.3) is 0 Å². The first kappa shape index (κ1) is 16.2. The van der Waals surface area contributed by atoms with Crippen LogP contribution >= 0.6 is 0 Å². The Morgan fingerprint density at radius 1 is 1.26 bits per heavy atom. The lowest BCUT2D eigenvalue weighted by Gasteiger charge is -2.33. The molecule has 1 atom stereocenters. The number of aliphatic hydroxyl groups excluding tert-OH is 1. The second-order valence-electron chi connectivity index (χ2n) is 6.92. The molecule has 0 saturated heterocycles. The van der Waals surface area contributed by atoms with Crippen LogP contribution < -0.4 is 5.46 Å². The highest BCUT2D eigenvalue weighted by Gasteiger charge is 2.31. The molecule has 0 saturated carbocycles. The third-order valence-electron chi connectivity index (χ3n) is 3.13. The van der Waals surface area contributed by atoms with Crippen molar-refractivity contribution in [2.75, 3.05) is 0 Å². The maximum absolute atomic E-state index is 10.1. The third kappa shape index (κ3) is 4.35. The van der Waals surface area contributed by atoms with Crippen LogP contribution in [0.2, 0.25) is 0 Å². The minimum atomic E-state index is -0.613. The van der Waals surface area contributed by atoms with Gasteiger partial charge in [0.15, 0.2) is 0 Å². The molecule has 1 unspecified atom stereocenters. The van der Waals surface area contributed by atoms with E-state index in [0.717, 1.165) is 5.46 Å². The fourth-order valence-corrected chi connectivity index (χ4v) is 1.86. The standard InChI is InChI=1S/C14H26BN2O2/c1-10(2)12(18)14(6,7)19-15-11-8-16-17(9-11)13(3,4)5/h8-10,12,18H,1-7H3. The fourth-order valence-electron chi connectivity index (χ4n) is 1.86. The van der Waals surface area contributed by atoms with Crippen molar-refractivity contribution in [3.8, 4) is 0 Å². The van der Waals surface area contributed by atoms with Gasteiger partial charge in [-0.15, -0.1) is 0 Å². The quantitative estimate of drug-likeness (QED) is 0.824.